The Balaban J connectivity index is 2.35. The molecule has 0 saturated carbocycles. The molecule has 5 nitrogen and oxygen atoms in total. The number of nitrogens with zero attached hydrogens (tertiary/aromatic N) is 1. The number of nitrogens with one attached hydrogen (secondary N) is 1. The molecule has 1 heterocycles. The van der Waals surface area contributed by atoms with Crippen molar-refractivity contribution >= 4 is 43.0 Å². The minimum absolute atomic E-state index is 0.125. The maximum absolute atomic E-state index is 11.4. The first-order valence-electron chi connectivity index (χ1n) is 4.96. The number of likely N-dealkylation sites (tertiary alicyclic amines) is 1. The van der Waals surface area contributed by atoms with Crippen LogP contribution in [0.2, 0.25) is 0 Å². The average Bonchev–Trinajstić information content (AvgIpc) is 2.48. The number of rotatable bonds is 5. The molecule has 90 valence electrons. The Hall–Kier alpha value is -0.690. The van der Waals surface area contributed by atoms with Crippen molar-refractivity contribution in [2.45, 2.75) is 18.1 Å². The van der Waals surface area contributed by atoms with E-state index in [0.717, 1.165) is 4.90 Å². The van der Waals surface area contributed by atoms with E-state index in [2.05, 4.69) is 30.6 Å². The van der Waals surface area contributed by atoms with Gasteiger partial charge in [-0.15, -0.1) is 0 Å². The SMILES string of the molecule is O=C(CCN1C(=O)CC(S)C1=O)NCCS. The lowest BCUT2D eigenvalue weighted by Crippen LogP contribution is -2.35. The van der Waals surface area contributed by atoms with Gasteiger partial charge in [-0.2, -0.15) is 25.3 Å². The molecule has 0 aliphatic carbocycles. The molecule has 0 aromatic heterocycles. The van der Waals surface area contributed by atoms with Gasteiger partial charge in [0.2, 0.25) is 17.7 Å². The Labute approximate surface area is 105 Å². The van der Waals surface area contributed by atoms with Gasteiger partial charge in [-0.05, 0) is 0 Å². The maximum atomic E-state index is 11.4. The zero-order valence-corrected chi connectivity index (χ0v) is 10.5. The molecule has 3 amide bonds. The van der Waals surface area contributed by atoms with Gasteiger partial charge in [0.25, 0.3) is 0 Å². The summed E-state index contributed by atoms with van der Waals surface area (Å²) >= 11 is 7.93. The summed E-state index contributed by atoms with van der Waals surface area (Å²) in [6, 6.07) is 0. The van der Waals surface area contributed by atoms with Gasteiger partial charge in [-0.25, -0.2) is 0 Å². The van der Waals surface area contributed by atoms with Crippen molar-refractivity contribution in [3.8, 4) is 0 Å². The van der Waals surface area contributed by atoms with E-state index in [1.807, 2.05) is 0 Å². The Morgan fingerprint density at radius 2 is 2.19 bits per heavy atom. The van der Waals surface area contributed by atoms with E-state index in [9.17, 15) is 14.4 Å². The van der Waals surface area contributed by atoms with Gasteiger partial charge in [-0.1, -0.05) is 0 Å². The normalized spacial score (nSPS) is 20.4. The standard InChI is InChI=1S/C9H14N2O3S2/c12-7(10-2-4-15)1-3-11-8(13)5-6(16)9(11)14/h6,15-16H,1-5H2,(H,10,12). The van der Waals surface area contributed by atoms with Crippen LogP contribution in [0.1, 0.15) is 12.8 Å². The van der Waals surface area contributed by atoms with Gasteiger partial charge in [-0.3, -0.25) is 19.3 Å². The fraction of sp³-hybridized carbons (Fsp3) is 0.667. The molecule has 7 heteroatoms. The molecule has 1 saturated heterocycles. The summed E-state index contributed by atoms with van der Waals surface area (Å²) < 4.78 is 0. The lowest BCUT2D eigenvalue weighted by molar-refractivity contribution is -0.138. The lowest BCUT2D eigenvalue weighted by Gasteiger charge is -2.13. The van der Waals surface area contributed by atoms with E-state index in [1.54, 1.807) is 0 Å². The minimum atomic E-state index is -0.548. The number of imide groups is 1. The molecule has 1 unspecified atom stereocenters. The fourth-order valence-corrected chi connectivity index (χ4v) is 1.81. The third-order valence-electron chi connectivity index (χ3n) is 2.22. The summed E-state index contributed by atoms with van der Waals surface area (Å²) in [7, 11) is 0. The molecular formula is C9H14N2O3S2. The molecule has 1 fully saturated rings. The Bertz CT molecular complexity index is 309. The number of thiol groups is 2. The topological polar surface area (TPSA) is 66.5 Å². The Kier molecular flexibility index (Phi) is 5.14. The van der Waals surface area contributed by atoms with Crippen LogP contribution in [0.15, 0.2) is 0 Å². The van der Waals surface area contributed by atoms with Crippen LogP contribution in [0, 0.1) is 0 Å². The molecule has 1 aliphatic heterocycles. The predicted octanol–water partition coefficient (Wildman–Crippen LogP) is -0.520. The van der Waals surface area contributed by atoms with Gasteiger partial charge < -0.3 is 5.32 Å². The molecule has 0 bridgehead atoms. The summed E-state index contributed by atoms with van der Waals surface area (Å²) in [5, 5.41) is 2.07. The van der Waals surface area contributed by atoms with Crippen LogP contribution in [0.3, 0.4) is 0 Å². The number of hydrogen-bond donors (Lipinski definition) is 3. The fourth-order valence-electron chi connectivity index (χ4n) is 1.40. The van der Waals surface area contributed by atoms with Crippen LogP contribution in [0.5, 0.6) is 0 Å². The van der Waals surface area contributed by atoms with Crippen molar-refractivity contribution in [3.05, 3.63) is 0 Å². The van der Waals surface area contributed by atoms with Crippen LogP contribution in [0.4, 0.5) is 0 Å². The molecule has 1 aliphatic rings. The molecule has 0 aromatic carbocycles. The predicted molar refractivity (Wildman–Crippen MR) is 65.6 cm³/mol. The third kappa shape index (κ3) is 3.41. The smallest absolute Gasteiger partial charge is 0.242 e. The molecule has 0 radical (unpaired) electrons. The largest absolute Gasteiger partial charge is 0.355 e. The van der Waals surface area contributed by atoms with Crippen LogP contribution in [0.25, 0.3) is 0 Å². The van der Waals surface area contributed by atoms with Crippen molar-refractivity contribution in [1.29, 1.82) is 0 Å². The molecule has 0 spiro atoms. The van der Waals surface area contributed by atoms with Crippen LogP contribution in [-0.2, 0) is 14.4 Å². The summed E-state index contributed by atoms with van der Waals surface area (Å²) in [5.74, 6) is -0.189. The van der Waals surface area contributed by atoms with E-state index >= 15 is 0 Å². The average molecular weight is 262 g/mol. The maximum Gasteiger partial charge on any atom is 0.242 e. The number of carbonyl (C=O) groups excluding carboxylic acids is 3. The van der Waals surface area contributed by atoms with E-state index in [4.69, 9.17) is 0 Å². The van der Waals surface area contributed by atoms with Crippen molar-refractivity contribution in [1.82, 2.24) is 10.2 Å². The lowest BCUT2D eigenvalue weighted by atomic mass is 10.3. The Morgan fingerprint density at radius 1 is 1.50 bits per heavy atom. The summed E-state index contributed by atoms with van der Waals surface area (Å²) in [5.41, 5.74) is 0. The van der Waals surface area contributed by atoms with Crippen LogP contribution < -0.4 is 5.32 Å². The highest BCUT2D eigenvalue weighted by Gasteiger charge is 2.36. The second-order valence-electron chi connectivity index (χ2n) is 3.43. The van der Waals surface area contributed by atoms with Crippen molar-refractivity contribution < 1.29 is 14.4 Å². The van der Waals surface area contributed by atoms with Crippen molar-refractivity contribution in [2.24, 2.45) is 0 Å². The zero-order chi connectivity index (χ0) is 12.1. The third-order valence-corrected chi connectivity index (χ3v) is 2.84. The first-order valence-corrected chi connectivity index (χ1v) is 6.11. The highest BCUT2D eigenvalue weighted by atomic mass is 32.1. The van der Waals surface area contributed by atoms with Crippen LogP contribution in [-0.4, -0.2) is 46.7 Å². The molecule has 1 atom stereocenters. The van der Waals surface area contributed by atoms with E-state index in [0.29, 0.717) is 12.3 Å². The highest BCUT2D eigenvalue weighted by Crippen LogP contribution is 2.17. The first-order chi connectivity index (χ1) is 7.56. The molecular weight excluding hydrogens is 248 g/mol. The van der Waals surface area contributed by atoms with E-state index in [-0.39, 0.29) is 37.1 Å². The van der Waals surface area contributed by atoms with Gasteiger partial charge in [0.1, 0.15) is 0 Å². The highest BCUT2D eigenvalue weighted by molar-refractivity contribution is 7.81. The number of amides is 3. The Morgan fingerprint density at radius 3 is 2.69 bits per heavy atom. The quantitative estimate of drug-likeness (QED) is 0.461. The first kappa shape index (κ1) is 13.4. The second kappa shape index (κ2) is 6.15. The minimum Gasteiger partial charge on any atom is -0.355 e. The molecule has 0 aromatic rings. The summed E-state index contributed by atoms with van der Waals surface area (Å²) in [6.45, 7) is 0.617. The van der Waals surface area contributed by atoms with E-state index < -0.39 is 5.25 Å². The monoisotopic (exact) mass is 262 g/mol. The number of carbonyl (C=O) groups is 3. The van der Waals surface area contributed by atoms with Gasteiger partial charge >= 0.3 is 0 Å². The van der Waals surface area contributed by atoms with Crippen molar-refractivity contribution in [2.75, 3.05) is 18.8 Å². The summed E-state index contributed by atoms with van der Waals surface area (Å²) in [4.78, 5) is 35.1. The second-order valence-corrected chi connectivity index (χ2v) is 4.50. The zero-order valence-electron chi connectivity index (χ0n) is 8.68. The van der Waals surface area contributed by atoms with E-state index in [1.165, 1.54) is 0 Å². The van der Waals surface area contributed by atoms with Gasteiger partial charge in [0, 0.05) is 31.7 Å². The van der Waals surface area contributed by atoms with Gasteiger partial charge in [0.05, 0.1) is 5.25 Å². The van der Waals surface area contributed by atoms with Crippen LogP contribution >= 0.6 is 25.3 Å². The summed E-state index contributed by atoms with van der Waals surface area (Å²) in [6.07, 6.45) is 0.256. The molecule has 1 N–H and O–H groups in total. The molecule has 1 rings (SSSR count). The van der Waals surface area contributed by atoms with Gasteiger partial charge in [0.15, 0.2) is 0 Å². The molecule has 16 heavy (non-hydrogen) atoms. The van der Waals surface area contributed by atoms with Crippen molar-refractivity contribution in [3.63, 3.8) is 0 Å². The number of hydrogen-bond acceptors (Lipinski definition) is 5.